The van der Waals surface area contributed by atoms with Gasteiger partial charge in [0.1, 0.15) is 0 Å². The molecule has 0 aliphatic heterocycles. The molecule has 2 bridgehead atoms. The molecule has 0 unspecified atom stereocenters. The van der Waals surface area contributed by atoms with Crippen LogP contribution in [0.25, 0.3) is 10.9 Å². The van der Waals surface area contributed by atoms with Gasteiger partial charge in [-0.3, -0.25) is 4.79 Å². The average Bonchev–Trinajstić information content (AvgIpc) is 3.01. The third-order valence-corrected chi connectivity index (χ3v) is 7.50. The molecule has 6 nitrogen and oxygen atoms in total. The van der Waals surface area contributed by atoms with Crippen LogP contribution in [-0.4, -0.2) is 27.6 Å². The Morgan fingerprint density at radius 1 is 1.20 bits per heavy atom. The highest BCUT2D eigenvalue weighted by Gasteiger charge is 2.62. The van der Waals surface area contributed by atoms with Gasteiger partial charge in [-0.05, 0) is 54.1 Å². The van der Waals surface area contributed by atoms with Crippen molar-refractivity contribution in [1.29, 1.82) is 0 Å². The molecule has 2 N–H and O–H groups in total. The van der Waals surface area contributed by atoms with Gasteiger partial charge in [0.15, 0.2) is 0 Å². The number of hydrogen-bond acceptors (Lipinski definition) is 4. The van der Waals surface area contributed by atoms with Crippen molar-refractivity contribution in [2.45, 2.75) is 38.5 Å². The van der Waals surface area contributed by atoms with E-state index in [1.54, 1.807) is 0 Å². The smallest absolute Gasteiger partial charge is 0.221 e. The number of carbonyl (C=O) groups excluding carboxylic acids is 1. The summed E-state index contributed by atoms with van der Waals surface area (Å²) in [5.74, 6) is 3.24. The molecule has 30 heavy (non-hydrogen) atoms. The first-order chi connectivity index (χ1) is 14.7. The minimum atomic E-state index is 0.0722. The van der Waals surface area contributed by atoms with Crippen molar-refractivity contribution in [3.05, 3.63) is 60.0 Å². The van der Waals surface area contributed by atoms with Crippen molar-refractivity contribution >= 4 is 16.8 Å². The highest BCUT2D eigenvalue weighted by Crippen LogP contribution is 2.69. The summed E-state index contributed by atoms with van der Waals surface area (Å²) in [7, 11) is 0. The second-order valence-electron chi connectivity index (χ2n) is 9.18. The molecule has 0 saturated heterocycles. The molecule has 1 amide bonds. The zero-order chi connectivity index (χ0) is 20.1. The predicted octanol–water partition coefficient (Wildman–Crippen LogP) is 3.79. The Kier molecular flexibility index (Phi) is 4.08. The van der Waals surface area contributed by atoms with Crippen LogP contribution in [0.4, 0.5) is 0 Å². The summed E-state index contributed by atoms with van der Waals surface area (Å²) in [5, 5.41) is 12.6. The molecular weight excluding hydrogens is 376 g/mol. The number of para-hydroxylation sites is 1. The fourth-order valence-corrected chi connectivity index (χ4v) is 5.81. The Bertz CT molecular complexity index is 1120. The fraction of sp³-hybridized carbons (Fsp3) is 0.458. The Labute approximate surface area is 175 Å². The van der Waals surface area contributed by atoms with Crippen LogP contribution in [-0.2, 0) is 17.6 Å². The molecule has 2 fully saturated rings. The number of aromatic amines is 1. The number of aryl methyl sites for hydroxylation is 1. The lowest BCUT2D eigenvalue weighted by molar-refractivity contribution is -0.121. The molecule has 0 radical (unpaired) electrons. The molecule has 6 rings (SSSR count). The number of fused-ring (bicyclic) bond motifs is 1. The minimum absolute atomic E-state index is 0.0722. The topological polar surface area (TPSA) is 83.8 Å². The second kappa shape index (κ2) is 6.83. The molecule has 2 heterocycles. The molecule has 154 valence electrons. The van der Waals surface area contributed by atoms with Gasteiger partial charge in [-0.1, -0.05) is 30.4 Å². The molecule has 1 aromatic carbocycles. The number of rotatable bonds is 7. The lowest BCUT2D eigenvalue weighted by Crippen LogP contribution is -2.31. The summed E-state index contributed by atoms with van der Waals surface area (Å²) in [6.45, 7) is 0.793. The molecular formula is C24H26N4O2. The summed E-state index contributed by atoms with van der Waals surface area (Å²) in [4.78, 5) is 15.6. The second-order valence-corrected chi connectivity index (χ2v) is 9.18. The Morgan fingerprint density at radius 3 is 2.93 bits per heavy atom. The van der Waals surface area contributed by atoms with E-state index in [2.05, 4.69) is 38.7 Å². The number of allylic oxidation sites excluding steroid dienone is 2. The number of nitrogens with one attached hydrogen (secondary N) is 2. The Balaban J connectivity index is 1.00. The van der Waals surface area contributed by atoms with E-state index in [-0.39, 0.29) is 5.91 Å². The van der Waals surface area contributed by atoms with E-state index < -0.39 is 0 Å². The summed E-state index contributed by atoms with van der Waals surface area (Å²) >= 11 is 0. The van der Waals surface area contributed by atoms with E-state index in [0.29, 0.717) is 48.3 Å². The number of hydrogen-bond donors (Lipinski definition) is 2. The Hall–Kier alpha value is -2.89. The monoisotopic (exact) mass is 402 g/mol. The number of aromatic nitrogens is 3. The average molecular weight is 402 g/mol. The standard InChI is InChI=1S/C24H26N4O2/c29-21(26-14-16-11-17-5-6-19(16)24(17)9-10-24)7-8-22-27-28-23(30-22)12-15-13-25-20-4-2-1-3-18(15)20/h1-6,13,16-17,19,25H,7-12,14H2,(H,26,29)/t16-,17-,19-/m0/s1. The van der Waals surface area contributed by atoms with Gasteiger partial charge in [0.25, 0.3) is 0 Å². The number of benzene rings is 1. The van der Waals surface area contributed by atoms with Crippen LogP contribution >= 0.6 is 0 Å². The van der Waals surface area contributed by atoms with Crippen molar-refractivity contribution in [2.75, 3.05) is 6.54 Å². The van der Waals surface area contributed by atoms with Gasteiger partial charge >= 0.3 is 0 Å². The van der Waals surface area contributed by atoms with Crippen molar-refractivity contribution in [3.8, 4) is 0 Å². The van der Waals surface area contributed by atoms with Crippen molar-refractivity contribution in [1.82, 2.24) is 20.5 Å². The van der Waals surface area contributed by atoms with Crippen LogP contribution in [0.5, 0.6) is 0 Å². The first kappa shape index (κ1) is 17.9. The van der Waals surface area contributed by atoms with Crippen molar-refractivity contribution in [3.63, 3.8) is 0 Å². The molecule has 2 saturated carbocycles. The van der Waals surface area contributed by atoms with Crippen LogP contribution < -0.4 is 5.32 Å². The maximum absolute atomic E-state index is 12.3. The lowest BCUT2D eigenvalue weighted by atomic mass is 9.89. The third kappa shape index (κ3) is 2.97. The largest absolute Gasteiger partial charge is 0.425 e. The summed E-state index contributed by atoms with van der Waals surface area (Å²) in [6.07, 6.45) is 12.2. The first-order valence-corrected chi connectivity index (χ1v) is 11.0. The third-order valence-electron chi connectivity index (χ3n) is 7.50. The van der Waals surface area contributed by atoms with Crippen LogP contribution in [0.3, 0.4) is 0 Å². The van der Waals surface area contributed by atoms with Crippen LogP contribution in [0.15, 0.2) is 47.0 Å². The van der Waals surface area contributed by atoms with E-state index in [1.165, 1.54) is 24.6 Å². The predicted molar refractivity (Wildman–Crippen MR) is 113 cm³/mol. The molecule has 3 atom stereocenters. The summed E-state index contributed by atoms with van der Waals surface area (Å²) < 4.78 is 5.78. The number of carbonyl (C=O) groups is 1. The normalized spacial score (nSPS) is 25.4. The molecule has 1 spiro atoms. The number of H-pyrrole nitrogens is 1. The zero-order valence-electron chi connectivity index (χ0n) is 16.9. The molecule has 3 aromatic rings. The quantitative estimate of drug-likeness (QED) is 0.589. The van der Waals surface area contributed by atoms with Gasteiger partial charge in [-0.25, -0.2) is 0 Å². The van der Waals surface area contributed by atoms with E-state index in [0.717, 1.165) is 23.5 Å². The fourth-order valence-electron chi connectivity index (χ4n) is 5.81. The SMILES string of the molecule is O=C(CCc1nnc(Cc2c[nH]c3ccccc23)o1)NC[C@@H]1C[C@@H]2C=C[C@@H]1C21CC1. The molecule has 6 heteroatoms. The van der Waals surface area contributed by atoms with E-state index >= 15 is 0 Å². The van der Waals surface area contributed by atoms with E-state index in [4.69, 9.17) is 4.42 Å². The maximum Gasteiger partial charge on any atom is 0.221 e. The molecule has 3 aliphatic rings. The van der Waals surface area contributed by atoms with E-state index in [1.807, 2.05) is 24.4 Å². The van der Waals surface area contributed by atoms with E-state index in [9.17, 15) is 4.79 Å². The summed E-state index contributed by atoms with van der Waals surface area (Å²) in [6, 6.07) is 8.17. The van der Waals surface area contributed by atoms with Gasteiger partial charge in [-0.2, -0.15) is 0 Å². The number of nitrogens with zero attached hydrogens (tertiary/aromatic N) is 2. The number of amides is 1. The van der Waals surface area contributed by atoms with Crippen molar-refractivity contribution < 1.29 is 9.21 Å². The van der Waals surface area contributed by atoms with Gasteiger partial charge in [0, 0.05) is 36.5 Å². The van der Waals surface area contributed by atoms with Gasteiger partial charge < -0.3 is 14.7 Å². The first-order valence-electron chi connectivity index (χ1n) is 11.0. The molecule has 2 aromatic heterocycles. The van der Waals surface area contributed by atoms with Crippen LogP contribution in [0.1, 0.15) is 43.0 Å². The van der Waals surface area contributed by atoms with Crippen molar-refractivity contribution in [2.24, 2.45) is 23.2 Å². The lowest BCUT2D eigenvalue weighted by Gasteiger charge is -2.20. The highest BCUT2D eigenvalue weighted by molar-refractivity contribution is 5.83. The highest BCUT2D eigenvalue weighted by atomic mass is 16.4. The Morgan fingerprint density at radius 2 is 2.07 bits per heavy atom. The summed E-state index contributed by atoms with van der Waals surface area (Å²) in [5.41, 5.74) is 2.81. The van der Waals surface area contributed by atoms with Gasteiger partial charge in [-0.15, -0.1) is 10.2 Å². The zero-order valence-corrected chi connectivity index (χ0v) is 16.9. The molecule has 3 aliphatic carbocycles. The van der Waals surface area contributed by atoms with Gasteiger partial charge in [0.2, 0.25) is 17.7 Å². The van der Waals surface area contributed by atoms with Gasteiger partial charge in [0.05, 0.1) is 6.42 Å². The minimum Gasteiger partial charge on any atom is -0.425 e. The maximum atomic E-state index is 12.3. The van der Waals surface area contributed by atoms with Crippen LogP contribution in [0.2, 0.25) is 0 Å². The van der Waals surface area contributed by atoms with Crippen LogP contribution in [0, 0.1) is 23.2 Å².